The number of sulfonamides is 1. The van der Waals surface area contributed by atoms with Crippen molar-refractivity contribution in [3.8, 4) is 0 Å². The number of hydrogen-bond acceptors (Lipinski definition) is 5. The van der Waals surface area contributed by atoms with Crippen LogP contribution in [0.4, 0.5) is 5.69 Å². The average Bonchev–Trinajstić information content (AvgIpc) is 3.50. The minimum atomic E-state index is -3.60. The Morgan fingerprint density at radius 1 is 1.13 bits per heavy atom. The maximum Gasteiger partial charge on any atom is 0.255 e. The third kappa shape index (κ3) is 4.12. The van der Waals surface area contributed by atoms with Gasteiger partial charge in [-0.25, -0.2) is 18.1 Å². The number of hydrogen-bond donors (Lipinski definition) is 2. The van der Waals surface area contributed by atoms with E-state index in [1.165, 1.54) is 42.7 Å². The van der Waals surface area contributed by atoms with E-state index in [4.69, 9.17) is 0 Å². The van der Waals surface area contributed by atoms with Crippen molar-refractivity contribution in [2.45, 2.75) is 43.5 Å². The molecular formula is C23H25N3O3S2. The molecule has 3 aromatic rings. The van der Waals surface area contributed by atoms with Gasteiger partial charge in [0.05, 0.1) is 20.6 Å². The van der Waals surface area contributed by atoms with Crippen LogP contribution in [0.15, 0.2) is 52.9 Å². The highest BCUT2D eigenvalue weighted by Gasteiger charge is 2.42. The van der Waals surface area contributed by atoms with Crippen molar-refractivity contribution >= 4 is 43.2 Å². The third-order valence-corrected chi connectivity index (χ3v) is 9.16. The highest BCUT2D eigenvalue weighted by atomic mass is 32.2. The van der Waals surface area contributed by atoms with E-state index in [-0.39, 0.29) is 16.8 Å². The first kappa shape index (κ1) is 20.6. The Balaban J connectivity index is 1.25. The van der Waals surface area contributed by atoms with Gasteiger partial charge >= 0.3 is 0 Å². The first-order valence-corrected chi connectivity index (χ1v) is 13.0. The summed E-state index contributed by atoms with van der Waals surface area (Å²) >= 11 is 1.48. The summed E-state index contributed by atoms with van der Waals surface area (Å²) in [7, 11) is -3.60. The van der Waals surface area contributed by atoms with Gasteiger partial charge in [0.25, 0.3) is 5.91 Å². The van der Waals surface area contributed by atoms with Crippen molar-refractivity contribution in [2.75, 3.05) is 5.32 Å². The Labute approximate surface area is 186 Å². The second-order valence-corrected chi connectivity index (χ2v) is 11.4. The van der Waals surface area contributed by atoms with Crippen molar-refractivity contribution in [1.82, 2.24) is 9.71 Å². The molecule has 1 heterocycles. The van der Waals surface area contributed by atoms with Crippen LogP contribution in [-0.2, 0) is 10.0 Å². The molecule has 0 saturated heterocycles. The molecule has 0 unspecified atom stereocenters. The zero-order valence-corrected chi connectivity index (χ0v) is 18.9. The van der Waals surface area contributed by atoms with Crippen molar-refractivity contribution in [1.29, 1.82) is 0 Å². The molecule has 2 aromatic carbocycles. The molecule has 1 amide bonds. The van der Waals surface area contributed by atoms with Crippen LogP contribution < -0.4 is 10.0 Å². The molecule has 2 fully saturated rings. The summed E-state index contributed by atoms with van der Waals surface area (Å²) in [5.41, 5.74) is 3.70. The second kappa shape index (κ2) is 8.00. The summed E-state index contributed by atoms with van der Waals surface area (Å²) in [5, 5.41) is 2.83. The number of nitrogens with one attached hydrogen (secondary N) is 2. The first-order valence-electron chi connectivity index (χ1n) is 10.7. The number of aromatic nitrogens is 1. The van der Waals surface area contributed by atoms with Crippen molar-refractivity contribution in [2.24, 2.45) is 17.8 Å². The molecule has 0 radical (unpaired) electrons. The predicted molar refractivity (Wildman–Crippen MR) is 123 cm³/mol. The van der Waals surface area contributed by atoms with Crippen LogP contribution in [0.1, 0.15) is 43.0 Å². The van der Waals surface area contributed by atoms with Crippen LogP contribution in [0.5, 0.6) is 0 Å². The van der Waals surface area contributed by atoms with E-state index in [0.29, 0.717) is 23.1 Å². The van der Waals surface area contributed by atoms with Crippen molar-refractivity contribution in [3.63, 3.8) is 0 Å². The van der Waals surface area contributed by atoms with Crippen LogP contribution in [-0.4, -0.2) is 25.4 Å². The standard InChI is InChI=1S/C23H25N3O3S2/c1-14(20-11-15-2-3-16(20)10-15)26-31(28,29)19-7-5-18(6-8-19)25-23(27)17-4-9-21-22(12-17)30-13-24-21/h4-9,12-16,20,26H,2-3,10-11H2,1H3,(H,25,27)/t14-,15+,16+,20-/m1/s1. The molecule has 0 aliphatic heterocycles. The van der Waals surface area contributed by atoms with Gasteiger partial charge in [0.1, 0.15) is 0 Å². The smallest absolute Gasteiger partial charge is 0.255 e. The van der Waals surface area contributed by atoms with Crippen molar-refractivity contribution in [3.05, 3.63) is 53.5 Å². The van der Waals surface area contributed by atoms with E-state index < -0.39 is 10.0 Å². The molecule has 0 spiro atoms. The lowest BCUT2D eigenvalue weighted by Crippen LogP contribution is -2.40. The van der Waals surface area contributed by atoms with E-state index in [1.807, 2.05) is 19.1 Å². The number of carbonyl (C=O) groups excluding carboxylic acids is 1. The van der Waals surface area contributed by atoms with Crippen LogP contribution >= 0.6 is 11.3 Å². The number of benzene rings is 2. The Kier molecular flexibility index (Phi) is 5.32. The lowest BCUT2D eigenvalue weighted by molar-refractivity contribution is 0.102. The Morgan fingerprint density at radius 2 is 1.94 bits per heavy atom. The predicted octanol–water partition coefficient (Wildman–Crippen LogP) is 4.65. The maximum absolute atomic E-state index is 12.9. The molecule has 8 heteroatoms. The third-order valence-electron chi connectivity index (χ3n) is 6.79. The number of nitrogens with zero attached hydrogens (tertiary/aromatic N) is 1. The van der Waals surface area contributed by atoms with Crippen molar-refractivity contribution < 1.29 is 13.2 Å². The van der Waals surface area contributed by atoms with Gasteiger partial charge in [-0.2, -0.15) is 0 Å². The quantitative estimate of drug-likeness (QED) is 0.566. The second-order valence-electron chi connectivity index (χ2n) is 8.76. The van der Waals surface area contributed by atoms with Gasteiger partial charge in [-0.15, -0.1) is 11.3 Å². The fraction of sp³-hybridized carbons (Fsp3) is 0.391. The molecule has 2 bridgehead atoms. The highest BCUT2D eigenvalue weighted by Crippen LogP contribution is 2.49. The largest absolute Gasteiger partial charge is 0.322 e. The van der Waals surface area contributed by atoms with E-state index in [1.54, 1.807) is 23.7 Å². The highest BCUT2D eigenvalue weighted by molar-refractivity contribution is 7.89. The van der Waals surface area contributed by atoms with Gasteiger partial charge in [-0.1, -0.05) is 6.42 Å². The molecule has 2 saturated carbocycles. The summed E-state index contributed by atoms with van der Waals surface area (Å²) in [4.78, 5) is 17.0. The van der Waals surface area contributed by atoms with E-state index >= 15 is 0 Å². The molecule has 2 aliphatic rings. The molecular weight excluding hydrogens is 430 g/mol. The molecule has 162 valence electrons. The van der Waals surface area contributed by atoms with Gasteiger partial charge in [-0.3, -0.25) is 4.79 Å². The molecule has 6 nitrogen and oxygen atoms in total. The maximum atomic E-state index is 12.9. The van der Waals surface area contributed by atoms with Crippen LogP contribution in [0, 0.1) is 17.8 Å². The SMILES string of the molecule is C[C@@H](NS(=O)(=O)c1ccc(NC(=O)c2ccc3ncsc3c2)cc1)[C@H]1C[C@H]2CC[C@H]1C2. The summed E-state index contributed by atoms with van der Waals surface area (Å²) < 4.78 is 29.5. The van der Waals surface area contributed by atoms with Gasteiger partial charge < -0.3 is 5.32 Å². The van der Waals surface area contributed by atoms with Crippen LogP contribution in [0.2, 0.25) is 0 Å². The fourth-order valence-electron chi connectivity index (χ4n) is 5.22. The molecule has 5 rings (SSSR count). The van der Waals surface area contributed by atoms with E-state index in [0.717, 1.165) is 22.6 Å². The summed E-state index contributed by atoms with van der Waals surface area (Å²) in [6, 6.07) is 11.6. The number of carbonyl (C=O) groups is 1. The Bertz CT molecular complexity index is 1220. The van der Waals surface area contributed by atoms with Crippen LogP contribution in [0.25, 0.3) is 10.2 Å². The number of rotatable bonds is 6. The molecule has 2 aliphatic carbocycles. The summed E-state index contributed by atoms with van der Waals surface area (Å²) in [5.74, 6) is 1.63. The normalized spacial score (nSPS) is 23.8. The summed E-state index contributed by atoms with van der Waals surface area (Å²) in [6.45, 7) is 1.98. The fourth-order valence-corrected chi connectivity index (χ4v) is 7.23. The van der Waals surface area contributed by atoms with E-state index in [9.17, 15) is 13.2 Å². The summed E-state index contributed by atoms with van der Waals surface area (Å²) in [6.07, 6.45) is 4.91. The molecule has 4 atom stereocenters. The van der Waals surface area contributed by atoms with Gasteiger partial charge in [0.2, 0.25) is 10.0 Å². The van der Waals surface area contributed by atoms with E-state index in [2.05, 4.69) is 15.0 Å². The first-order chi connectivity index (χ1) is 14.9. The monoisotopic (exact) mass is 455 g/mol. The Hall–Kier alpha value is -2.29. The lowest BCUT2D eigenvalue weighted by atomic mass is 9.84. The molecule has 1 aromatic heterocycles. The topological polar surface area (TPSA) is 88.2 Å². The van der Waals surface area contributed by atoms with Crippen LogP contribution in [0.3, 0.4) is 0 Å². The zero-order valence-electron chi connectivity index (χ0n) is 17.2. The molecule has 31 heavy (non-hydrogen) atoms. The zero-order chi connectivity index (χ0) is 21.6. The van der Waals surface area contributed by atoms with Gasteiger partial charge in [-0.05, 0) is 86.4 Å². The number of anilines is 1. The number of thiazole rings is 1. The minimum Gasteiger partial charge on any atom is -0.322 e. The van der Waals surface area contributed by atoms with Gasteiger partial charge in [0.15, 0.2) is 0 Å². The van der Waals surface area contributed by atoms with Gasteiger partial charge in [0, 0.05) is 17.3 Å². The number of amides is 1. The molecule has 2 N–H and O–H groups in total. The number of fused-ring (bicyclic) bond motifs is 3. The average molecular weight is 456 g/mol. The minimum absolute atomic E-state index is 0.0682. The lowest BCUT2D eigenvalue weighted by Gasteiger charge is -2.28. The Morgan fingerprint density at radius 3 is 2.65 bits per heavy atom.